The molecule has 0 N–H and O–H groups in total. The quantitative estimate of drug-likeness (QED) is 0.775. The van der Waals surface area contributed by atoms with E-state index in [9.17, 15) is 8.42 Å². The van der Waals surface area contributed by atoms with Crippen LogP contribution < -0.4 is 0 Å². The Kier molecular flexibility index (Phi) is 5.93. The third-order valence-corrected chi connectivity index (χ3v) is 5.69. The molecule has 0 spiro atoms. The van der Waals surface area contributed by atoms with Gasteiger partial charge in [0.2, 0.25) is 10.0 Å². The highest BCUT2D eigenvalue weighted by molar-refractivity contribution is 9.10. The van der Waals surface area contributed by atoms with E-state index in [2.05, 4.69) is 15.9 Å². The molecule has 0 atom stereocenters. The van der Waals surface area contributed by atoms with E-state index < -0.39 is 10.0 Å². The summed E-state index contributed by atoms with van der Waals surface area (Å²) in [7, 11) is -2.11. The molecule has 7 heteroatoms. The minimum atomic E-state index is -3.64. The maximum atomic E-state index is 12.3. The second-order valence-corrected chi connectivity index (χ2v) is 7.59. The van der Waals surface area contributed by atoms with Gasteiger partial charge in [-0.25, -0.2) is 12.7 Å². The van der Waals surface area contributed by atoms with Gasteiger partial charge >= 0.3 is 0 Å². The number of unbranched alkanes of at least 4 members (excludes halogenated alkanes) is 1. The van der Waals surface area contributed by atoms with Crippen LogP contribution in [0.15, 0.2) is 21.5 Å². The molecule has 0 amide bonds. The molecule has 0 aliphatic rings. The van der Waals surface area contributed by atoms with Gasteiger partial charge in [-0.2, -0.15) is 0 Å². The zero-order chi connectivity index (χ0) is 13.9. The lowest BCUT2D eigenvalue weighted by Crippen LogP contribution is -2.28. The number of nitrogens with zero attached hydrogens (tertiary/aromatic N) is 1. The summed E-state index contributed by atoms with van der Waals surface area (Å²) in [6, 6.07) is 3.04. The number of hydrogen-bond acceptors (Lipinski definition) is 2. The van der Waals surface area contributed by atoms with Gasteiger partial charge in [-0.3, -0.25) is 0 Å². The second kappa shape index (κ2) is 6.57. The number of sulfonamides is 1. The fraction of sp³-hybridized carbons (Fsp3) is 0.455. The van der Waals surface area contributed by atoms with Crippen molar-refractivity contribution < 1.29 is 8.42 Å². The zero-order valence-electron chi connectivity index (χ0n) is 10.1. The van der Waals surface area contributed by atoms with Crippen LogP contribution in [-0.2, 0) is 10.0 Å². The summed E-state index contributed by atoms with van der Waals surface area (Å²) in [5.41, 5.74) is 0. The smallest absolute Gasteiger partial charge is 0.207 e. The molecule has 18 heavy (non-hydrogen) atoms. The fourth-order valence-corrected chi connectivity index (χ4v) is 4.52. The van der Waals surface area contributed by atoms with E-state index in [4.69, 9.17) is 23.2 Å². The Hall–Kier alpha value is 0.190. The van der Waals surface area contributed by atoms with Crippen LogP contribution in [-0.4, -0.2) is 26.3 Å². The van der Waals surface area contributed by atoms with Crippen LogP contribution in [0.4, 0.5) is 0 Å². The van der Waals surface area contributed by atoms with Crippen molar-refractivity contribution in [1.29, 1.82) is 0 Å². The van der Waals surface area contributed by atoms with Gasteiger partial charge in [0.05, 0.1) is 10.0 Å². The second-order valence-electron chi connectivity index (χ2n) is 3.88. The maximum Gasteiger partial charge on any atom is 0.245 e. The van der Waals surface area contributed by atoms with Crippen molar-refractivity contribution in [3.63, 3.8) is 0 Å². The summed E-state index contributed by atoms with van der Waals surface area (Å²) in [5.74, 6) is 0. The Morgan fingerprint density at radius 1 is 1.28 bits per heavy atom. The van der Waals surface area contributed by atoms with E-state index in [-0.39, 0.29) is 14.9 Å². The number of rotatable bonds is 5. The Morgan fingerprint density at radius 2 is 1.78 bits per heavy atom. The Bertz CT molecular complexity index is 511. The first-order valence-corrected chi connectivity index (χ1v) is 8.40. The van der Waals surface area contributed by atoms with Crippen molar-refractivity contribution in [2.24, 2.45) is 0 Å². The maximum absolute atomic E-state index is 12.3. The van der Waals surface area contributed by atoms with Crippen molar-refractivity contribution in [1.82, 2.24) is 4.31 Å². The van der Waals surface area contributed by atoms with Gasteiger partial charge in [0.25, 0.3) is 0 Å². The van der Waals surface area contributed by atoms with Crippen LogP contribution in [0.5, 0.6) is 0 Å². The average molecular weight is 375 g/mol. The van der Waals surface area contributed by atoms with Gasteiger partial charge in [-0.1, -0.05) is 52.5 Å². The highest BCUT2D eigenvalue weighted by Gasteiger charge is 2.26. The van der Waals surface area contributed by atoms with Crippen LogP contribution in [0.3, 0.4) is 0 Å². The van der Waals surface area contributed by atoms with Crippen LogP contribution in [0, 0.1) is 0 Å². The van der Waals surface area contributed by atoms with E-state index in [0.29, 0.717) is 11.0 Å². The first-order valence-electron chi connectivity index (χ1n) is 5.41. The molecular formula is C11H14BrCl2NO2S. The Morgan fingerprint density at radius 3 is 2.22 bits per heavy atom. The molecule has 1 aromatic rings. The van der Waals surface area contributed by atoms with E-state index in [1.54, 1.807) is 0 Å². The number of benzene rings is 1. The van der Waals surface area contributed by atoms with Crippen molar-refractivity contribution in [2.75, 3.05) is 13.6 Å². The zero-order valence-corrected chi connectivity index (χ0v) is 14.0. The van der Waals surface area contributed by atoms with Gasteiger partial charge in [-0.05, 0) is 18.6 Å². The predicted molar refractivity (Wildman–Crippen MR) is 78.9 cm³/mol. The van der Waals surface area contributed by atoms with Crippen molar-refractivity contribution in [3.8, 4) is 0 Å². The van der Waals surface area contributed by atoms with Gasteiger partial charge < -0.3 is 0 Å². The highest BCUT2D eigenvalue weighted by atomic mass is 79.9. The summed E-state index contributed by atoms with van der Waals surface area (Å²) >= 11 is 15.2. The third-order valence-electron chi connectivity index (χ3n) is 2.46. The minimum absolute atomic E-state index is 0.0346. The molecule has 0 fully saturated rings. The van der Waals surface area contributed by atoms with Crippen molar-refractivity contribution in [2.45, 2.75) is 24.7 Å². The van der Waals surface area contributed by atoms with Gasteiger partial charge in [0.1, 0.15) is 4.90 Å². The molecule has 102 valence electrons. The molecule has 0 radical (unpaired) electrons. The minimum Gasteiger partial charge on any atom is -0.207 e. The van der Waals surface area contributed by atoms with Gasteiger partial charge in [0.15, 0.2) is 0 Å². The summed E-state index contributed by atoms with van der Waals surface area (Å²) in [6.45, 7) is 2.45. The lowest BCUT2D eigenvalue weighted by atomic mass is 10.3. The van der Waals surface area contributed by atoms with Crippen LogP contribution in [0.25, 0.3) is 0 Å². The van der Waals surface area contributed by atoms with Gasteiger partial charge in [-0.15, -0.1) is 0 Å². The molecule has 1 aromatic carbocycles. The fourth-order valence-electron chi connectivity index (χ4n) is 1.43. The lowest BCUT2D eigenvalue weighted by Gasteiger charge is -2.18. The molecular weight excluding hydrogens is 361 g/mol. The van der Waals surface area contributed by atoms with E-state index >= 15 is 0 Å². The molecule has 0 bridgehead atoms. The van der Waals surface area contributed by atoms with Crippen LogP contribution in [0.2, 0.25) is 10.0 Å². The first kappa shape index (κ1) is 16.2. The number of hydrogen-bond donors (Lipinski definition) is 0. The molecule has 0 heterocycles. The normalized spacial score (nSPS) is 12.1. The average Bonchev–Trinajstić information content (AvgIpc) is 2.23. The predicted octanol–water partition coefficient (Wildman–Crippen LogP) is 4.18. The summed E-state index contributed by atoms with van der Waals surface area (Å²) in [5, 5.41) is 0.246. The van der Waals surface area contributed by atoms with E-state index in [1.165, 1.54) is 23.5 Å². The van der Waals surface area contributed by atoms with E-state index in [1.807, 2.05) is 6.92 Å². The third kappa shape index (κ3) is 3.61. The molecule has 0 aliphatic heterocycles. The SMILES string of the molecule is CCCCN(C)S(=O)(=O)c1c(Cl)cc(Br)cc1Cl. The largest absolute Gasteiger partial charge is 0.245 e. The summed E-state index contributed by atoms with van der Waals surface area (Å²) in [6.07, 6.45) is 1.71. The topological polar surface area (TPSA) is 37.4 Å². The number of halogens is 3. The molecule has 0 aliphatic carbocycles. The first-order chi connectivity index (χ1) is 8.30. The van der Waals surface area contributed by atoms with Crippen molar-refractivity contribution in [3.05, 3.63) is 26.7 Å². The van der Waals surface area contributed by atoms with Crippen LogP contribution >= 0.6 is 39.1 Å². The Labute approximate surface area is 126 Å². The van der Waals surface area contributed by atoms with Crippen molar-refractivity contribution >= 4 is 49.2 Å². The Balaban J connectivity index is 3.20. The standard InChI is InChI=1S/C11H14BrCl2NO2S/c1-3-4-5-15(2)18(16,17)11-9(13)6-8(12)7-10(11)14/h6-7H,3-5H2,1-2H3. The molecule has 0 saturated carbocycles. The molecule has 0 aromatic heterocycles. The molecule has 0 saturated heterocycles. The highest BCUT2D eigenvalue weighted by Crippen LogP contribution is 2.34. The monoisotopic (exact) mass is 373 g/mol. The summed E-state index contributed by atoms with van der Waals surface area (Å²) < 4.78 is 26.6. The van der Waals surface area contributed by atoms with E-state index in [0.717, 1.165) is 12.8 Å². The molecule has 3 nitrogen and oxygen atoms in total. The lowest BCUT2D eigenvalue weighted by molar-refractivity contribution is 0.459. The van der Waals surface area contributed by atoms with Gasteiger partial charge in [0, 0.05) is 18.1 Å². The van der Waals surface area contributed by atoms with Crippen LogP contribution in [0.1, 0.15) is 19.8 Å². The molecule has 1 rings (SSSR count). The molecule has 0 unspecified atom stereocenters. The summed E-state index contributed by atoms with van der Waals surface area (Å²) in [4.78, 5) is -0.0346.